The van der Waals surface area contributed by atoms with Crippen molar-refractivity contribution >= 4 is 31.0 Å². The Morgan fingerprint density at radius 2 is 1.88 bits per heavy atom. The molecule has 1 atom stereocenters. The first-order valence-corrected chi connectivity index (χ1v) is 9.79. The van der Waals surface area contributed by atoms with Gasteiger partial charge in [-0.2, -0.15) is 0 Å². The van der Waals surface area contributed by atoms with Crippen molar-refractivity contribution in [1.29, 1.82) is 0 Å². The molecule has 0 heterocycles. The van der Waals surface area contributed by atoms with Gasteiger partial charge in [0, 0.05) is 5.56 Å². The number of halogens is 1. The second kappa shape index (κ2) is 11.8. The number of hydrogen-bond acceptors (Lipinski definition) is 2. The topological polar surface area (TPSA) is 26.3 Å². The first-order chi connectivity index (χ1) is 11.6. The molecule has 0 spiro atoms. The molecule has 0 aliphatic heterocycles. The van der Waals surface area contributed by atoms with Gasteiger partial charge in [0.1, 0.15) is 5.75 Å². The molecule has 0 aromatic heterocycles. The minimum absolute atomic E-state index is 0. The maximum absolute atomic E-state index is 12.5. The number of aryl methyl sites for hydroxylation is 1. The minimum Gasteiger partial charge on any atom is -0.494 e. The first-order valence-electron chi connectivity index (χ1n) is 8.41. The summed E-state index contributed by atoms with van der Waals surface area (Å²) in [7, 11) is 0.0231. The predicted octanol–water partition coefficient (Wildman–Crippen LogP) is 2.76. The number of rotatable bonds is 9. The third-order valence-electron chi connectivity index (χ3n) is 3.85. The van der Waals surface area contributed by atoms with E-state index in [-0.39, 0.29) is 33.0 Å². The number of ether oxygens (including phenoxy) is 1. The van der Waals surface area contributed by atoms with Crippen LogP contribution in [0.25, 0.3) is 0 Å². The zero-order valence-electron chi connectivity index (χ0n) is 15.3. The summed E-state index contributed by atoms with van der Waals surface area (Å²) >= 11 is 6.34. The molecule has 2 rings (SSSR count). The Bertz CT molecular complexity index is 691. The van der Waals surface area contributed by atoms with Gasteiger partial charge in [-0.3, -0.25) is 4.79 Å². The van der Waals surface area contributed by atoms with E-state index in [0.29, 0.717) is 11.6 Å². The van der Waals surface area contributed by atoms with Crippen molar-refractivity contribution in [2.24, 2.45) is 0 Å². The smallest absolute Gasteiger partial charge is 0.494 e. The number of carbonyl (C=O) groups is 1. The van der Waals surface area contributed by atoms with Crippen LogP contribution in [-0.4, -0.2) is 12.1 Å². The summed E-state index contributed by atoms with van der Waals surface area (Å²) < 4.78 is 5.73. The van der Waals surface area contributed by atoms with E-state index >= 15 is 0 Å². The molecule has 2 aromatic rings. The molecular formula is C20H24ClLiO2P+. The molecule has 0 aliphatic rings. The van der Waals surface area contributed by atoms with Gasteiger partial charge in [-0.05, 0) is 51.0 Å². The molecular weight excluding hydrogens is 346 g/mol. The molecule has 2 nitrogen and oxygen atoms in total. The fourth-order valence-corrected chi connectivity index (χ4v) is 3.75. The molecule has 0 saturated heterocycles. The average molecular weight is 370 g/mol. The Balaban J connectivity index is 0.00000312. The fraction of sp³-hybridized carbons (Fsp3) is 0.350. The third kappa shape index (κ3) is 7.16. The Kier molecular flexibility index (Phi) is 10.5. The van der Waals surface area contributed by atoms with Crippen LogP contribution < -0.4 is 28.9 Å². The summed E-state index contributed by atoms with van der Waals surface area (Å²) in [5.74, 6) is 0.772. The van der Waals surface area contributed by atoms with Gasteiger partial charge in [-0.15, -0.1) is 0 Å². The zero-order chi connectivity index (χ0) is 17.4. The van der Waals surface area contributed by atoms with Crippen molar-refractivity contribution in [2.45, 2.75) is 39.5 Å². The molecule has 0 N–H and O–H groups in total. The van der Waals surface area contributed by atoms with Gasteiger partial charge in [-0.1, -0.05) is 62.1 Å². The fourth-order valence-electron chi connectivity index (χ4n) is 2.42. The Labute approximate surface area is 169 Å². The monoisotopic (exact) mass is 369 g/mol. The van der Waals surface area contributed by atoms with Crippen molar-refractivity contribution in [3.05, 3.63) is 58.6 Å². The van der Waals surface area contributed by atoms with Gasteiger partial charge in [0.15, 0.2) is 5.52 Å². The van der Waals surface area contributed by atoms with E-state index in [2.05, 4.69) is 6.92 Å². The van der Waals surface area contributed by atoms with Crippen LogP contribution in [-0.2, 0) is 0 Å². The predicted molar refractivity (Wildman–Crippen MR) is 105 cm³/mol. The van der Waals surface area contributed by atoms with Gasteiger partial charge in [-0.25, -0.2) is 0 Å². The van der Waals surface area contributed by atoms with Crippen LogP contribution in [0.2, 0.25) is 5.02 Å². The largest absolute Gasteiger partial charge is 1.00 e. The van der Waals surface area contributed by atoms with Gasteiger partial charge < -0.3 is 4.74 Å². The van der Waals surface area contributed by atoms with Crippen LogP contribution in [0.1, 0.15) is 48.5 Å². The van der Waals surface area contributed by atoms with Crippen molar-refractivity contribution in [3.63, 3.8) is 0 Å². The van der Waals surface area contributed by atoms with Gasteiger partial charge in [0.25, 0.3) is 0 Å². The zero-order valence-corrected chi connectivity index (χ0v) is 17.0. The van der Waals surface area contributed by atoms with Crippen LogP contribution in [0.15, 0.2) is 42.5 Å². The Hall–Kier alpha value is -0.773. The van der Waals surface area contributed by atoms with Crippen molar-refractivity contribution in [2.75, 3.05) is 6.61 Å². The number of carbonyl (C=O) groups excluding carboxylic acids is 1. The van der Waals surface area contributed by atoms with Gasteiger partial charge >= 0.3 is 18.9 Å². The maximum atomic E-state index is 12.5. The van der Waals surface area contributed by atoms with E-state index in [1.165, 1.54) is 19.3 Å². The summed E-state index contributed by atoms with van der Waals surface area (Å²) in [6, 6.07) is 13.3. The van der Waals surface area contributed by atoms with E-state index in [4.69, 9.17) is 16.3 Å². The molecule has 0 saturated carbocycles. The van der Waals surface area contributed by atoms with E-state index < -0.39 is 0 Å². The quantitative estimate of drug-likeness (QED) is 0.386. The van der Waals surface area contributed by atoms with E-state index in [0.717, 1.165) is 28.6 Å². The van der Waals surface area contributed by atoms with Gasteiger partial charge in [0.05, 0.1) is 11.6 Å². The molecule has 0 aliphatic carbocycles. The SMILES string of the molecule is CCCCCCOc1ccc(PC(=O)c2ccccc2C)c(Cl)c1.[Li+]. The van der Waals surface area contributed by atoms with Gasteiger partial charge in [0.2, 0.25) is 0 Å². The average Bonchev–Trinajstić information content (AvgIpc) is 2.57. The normalized spacial score (nSPS) is 10.7. The first kappa shape index (κ1) is 22.3. The molecule has 25 heavy (non-hydrogen) atoms. The molecule has 1 unspecified atom stereocenters. The second-order valence-electron chi connectivity index (χ2n) is 5.82. The molecule has 0 bridgehead atoms. The summed E-state index contributed by atoms with van der Waals surface area (Å²) in [6.07, 6.45) is 4.71. The Morgan fingerprint density at radius 1 is 1.12 bits per heavy atom. The molecule has 128 valence electrons. The van der Waals surface area contributed by atoms with E-state index in [9.17, 15) is 4.79 Å². The molecule has 0 amide bonds. The maximum Gasteiger partial charge on any atom is 1.00 e. The van der Waals surface area contributed by atoms with Crippen LogP contribution in [0.5, 0.6) is 5.75 Å². The van der Waals surface area contributed by atoms with Crippen LogP contribution in [0.3, 0.4) is 0 Å². The standard InChI is InChI=1S/C20H24ClO2P.Li/c1-3-4-5-8-13-23-16-11-12-19(18(21)14-16)24-20(22)17-10-7-6-9-15(17)2;/h6-7,9-12,14,24H,3-5,8,13H2,1-2H3;/q;+1. The summed E-state index contributed by atoms with van der Waals surface area (Å²) in [6.45, 7) is 4.85. The molecule has 5 heteroatoms. The van der Waals surface area contributed by atoms with Crippen molar-refractivity contribution in [3.8, 4) is 5.75 Å². The number of unbranched alkanes of at least 4 members (excludes halogenated alkanes) is 3. The number of hydrogen-bond donors (Lipinski definition) is 0. The second-order valence-corrected chi connectivity index (χ2v) is 7.47. The summed E-state index contributed by atoms with van der Waals surface area (Å²) in [5, 5.41) is 1.46. The molecule has 2 aromatic carbocycles. The van der Waals surface area contributed by atoms with Crippen LogP contribution in [0, 0.1) is 6.92 Å². The van der Waals surface area contributed by atoms with E-state index in [1.807, 2.05) is 49.4 Å². The minimum atomic E-state index is 0. The summed E-state index contributed by atoms with van der Waals surface area (Å²) in [4.78, 5) is 12.5. The third-order valence-corrected chi connectivity index (χ3v) is 5.52. The number of benzene rings is 2. The molecule has 0 fully saturated rings. The molecule has 0 radical (unpaired) electrons. The van der Waals surface area contributed by atoms with Crippen molar-refractivity contribution < 1.29 is 28.4 Å². The summed E-state index contributed by atoms with van der Waals surface area (Å²) in [5.41, 5.74) is 1.88. The van der Waals surface area contributed by atoms with E-state index in [1.54, 1.807) is 0 Å². The van der Waals surface area contributed by atoms with Crippen LogP contribution in [0.4, 0.5) is 0 Å². The van der Waals surface area contributed by atoms with Crippen molar-refractivity contribution in [1.82, 2.24) is 0 Å². The van der Waals surface area contributed by atoms with Crippen LogP contribution >= 0.6 is 20.2 Å². The Morgan fingerprint density at radius 3 is 2.56 bits per heavy atom.